The Balaban J connectivity index is 1.99. The number of aryl methyl sites for hydroxylation is 3. The van der Waals surface area contributed by atoms with E-state index in [4.69, 9.17) is 12.2 Å². The summed E-state index contributed by atoms with van der Waals surface area (Å²) in [6, 6.07) is 15.0. The molecule has 0 fully saturated rings. The third-order valence-electron chi connectivity index (χ3n) is 3.40. The molecule has 2 nitrogen and oxygen atoms in total. The molecule has 2 aromatic carbocycles. The summed E-state index contributed by atoms with van der Waals surface area (Å²) in [6.45, 7) is 8.38. The zero-order valence-electron chi connectivity index (χ0n) is 13.0. The third kappa shape index (κ3) is 4.57. The van der Waals surface area contributed by atoms with Gasteiger partial charge in [0.2, 0.25) is 0 Å². The van der Waals surface area contributed by atoms with Crippen LogP contribution in [0, 0.1) is 20.8 Å². The first-order chi connectivity index (χ1) is 9.94. The Hall–Kier alpha value is -1.87. The lowest BCUT2D eigenvalue weighted by atomic mass is 10.1. The quantitative estimate of drug-likeness (QED) is 0.806. The minimum atomic E-state index is 0.177. The summed E-state index contributed by atoms with van der Waals surface area (Å²) in [5.74, 6) is 0. The molecule has 2 N–H and O–H groups in total. The zero-order valence-corrected chi connectivity index (χ0v) is 13.8. The number of benzene rings is 2. The molecule has 0 radical (unpaired) electrons. The highest BCUT2D eigenvalue weighted by atomic mass is 32.1. The van der Waals surface area contributed by atoms with Crippen LogP contribution in [0.2, 0.25) is 0 Å². The molecule has 0 aliphatic heterocycles. The second-order valence-corrected chi connectivity index (χ2v) is 6.02. The van der Waals surface area contributed by atoms with Crippen LogP contribution in [0.15, 0.2) is 42.5 Å². The number of anilines is 1. The summed E-state index contributed by atoms with van der Waals surface area (Å²) < 4.78 is 0. The maximum absolute atomic E-state index is 5.40. The second kappa shape index (κ2) is 6.72. The van der Waals surface area contributed by atoms with Crippen LogP contribution >= 0.6 is 12.2 Å². The fraction of sp³-hybridized carbons (Fsp3) is 0.278. The topological polar surface area (TPSA) is 24.1 Å². The number of thiocarbonyl (C=S) groups is 1. The van der Waals surface area contributed by atoms with Crippen LogP contribution in [-0.4, -0.2) is 5.11 Å². The van der Waals surface area contributed by atoms with Crippen molar-refractivity contribution in [2.24, 2.45) is 0 Å². The summed E-state index contributed by atoms with van der Waals surface area (Å²) in [7, 11) is 0. The highest BCUT2D eigenvalue weighted by molar-refractivity contribution is 7.80. The molecule has 2 aromatic rings. The van der Waals surface area contributed by atoms with Gasteiger partial charge >= 0.3 is 0 Å². The normalized spacial score (nSPS) is 11.8. The summed E-state index contributed by atoms with van der Waals surface area (Å²) in [5, 5.41) is 7.23. The molecular weight excluding hydrogens is 276 g/mol. The summed E-state index contributed by atoms with van der Waals surface area (Å²) in [4.78, 5) is 0. The van der Waals surface area contributed by atoms with Crippen LogP contribution in [0.5, 0.6) is 0 Å². The van der Waals surface area contributed by atoms with Crippen molar-refractivity contribution >= 4 is 23.0 Å². The summed E-state index contributed by atoms with van der Waals surface area (Å²) in [5.41, 5.74) is 5.98. The monoisotopic (exact) mass is 298 g/mol. The van der Waals surface area contributed by atoms with E-state index in [1.165, 1.54) is 22.3 Å². The average molecular weight is 298 g/mol. The predicted octanol–water partition coefficient (Wildman–Crippen LogP) is 4.66. The number of hydrogen-bond acceptors (Lipinski definition) is 1. The van der Waals surface area contributed by atoms with Gasteiger partial charge in [0.25, 0.3) is 0 Å². The average Bonchev–Trinajstić information content (AvgIpc) is 2.37. The van der Waals surface area contributed by atoms with Gasteiger partial charge in [-0.05, 0) is 68.7 Å². The number of nitrogens with one attached hydrogen (secondary N) is 2. The molecule has 0 spiro atoms. The van der Waals surface area contributed by atoms with Crippen LogP contribution < -0.4 is 10.6 Å². The highest BCUT2D eigenvalue weighted by Crippen LogP contribution is 2.16. The van der Waals surface area contributed by atoms with Gasteiger partial charge in [0.15, 0.2) is 5.11 Å². The first kappa shape index (κ1) is 15.5. The van der Waals surface area contributed by atoms with Gasteiger partial charge in [0.05, 0.1) is 6.04 Å². The molecule has 110 valence electrons. The van der Waals surface area contributed by atoms with Gasteiger partial charge in [-0.3, -0.25) is 0 Å². The molecule has 2 rings (SSSR count). The molecule has 0 aliphatic carbocycles. The van der Waals surface area contributed by atoms with Gasteiger partial charge in [-0.15, -0.1) is 0 Å². The van der Waals surface area contributed by atoms with Crippen molar-refractivity contribution < 1.29 is 0 Å². The van der Waals surface area contributed by atoms with Crippen molar-refractivity contribution in [1.29, 1.82) is 0 Å². The maximum atomic E-state index is 5.40. The van der Waals surface area contributed by atoms with Gasteiger partial charge in [0.1, 0.15) is 0 Å². The van der Waals surface area contributed by atoms with Crippen LogP contribution in [0.25, 0.3) is 0 Å². The lowest BCUT2D eigenvalue weighted by Gasteiger charge is -2.18. The van der Waals surface area contributed by atoms with Crippen LogP contribution in [0.3, 0.4) is 0 Å². The minimum absolute atomic E-state index is 0.177. The first-order valence-electron chi connectivity index (χ1n) is 7.16. The van der Waals surface area contributed by atoms with E-state index >= 15 is 0 Å². The zero-order chi connectivity index (χ0) is 15.4. The van der Waals surface area contributed by atoms with Crippen LogP contribution in [0.4, 0.5) is 5.69 Å². The molecule has 0 unspecified atom stereocenters. The van der Waals surface area contributed by atoms with Gasteiger partial charge in [-0.25, -0.2) is 0 Å². The predicted molar refractivity (Wildman–Crippen MR) is 94.9 cm³/mol. The van der Waals surface area contributed by atoms with Crippen molar-refractivity contribution in [3.8, 4) is 0 Å². The smallest absolute Gasteiger partial charge is 0.171 e. The van der Waals surface area contributed by atoms with E-state index in [2.05, 4.69) is 80.8 Å². The van der Waals surface area contributed by atoms with Crippen molar-refractivity contribution in [2.75, 3.05) is 5.32 Å². The van der Waals surface area contributed by atoms with Crippen LogP contribution in [0.1, 0.15) is 35.2 Å². The van der Waals surface area contributed by atoms with Gasteiger partial charge in [-0.1, -0.05) is 35.9 Å². The SMILES string of the molecule is Cc1ccc([C@H](C)NC(=S)Nc2cc(C)cc(C)c2)cc1. The van der Waals surface area contributed by atoms with E-state index in [0.717, 1.165) is 5.69 Å². The fourth-order valence-electron chi connectivity index (χ4n) is 2.35. The lowest BCUT2D eigenvalue weighted by Crippen LogP contribution is -2.30. The molecule has 0 saturated carbocycles. The molecule has 0 bridgehead atoms. The second-order valence-electron chi connectivity index (χ2n) is 5.61. The van der Waals surface area contributed by atoms with E-state index in [0.29, 0.717) is 5.11 Å². The lowest BCUT2D eigenvalue weighted by molar-refractivity contribution is 0.722. The molecule has 3 heteroatoms. The van der Waals surface area contributed by atoms with Gasteiger partial charge < -0.3 is 10.6 Å². The van der Waals surface area contributed by atoms with Crippen LogP contribution in [-0.2, 0) is 0 Å². The molecular formula is C18H22N2S. The Kier molecular flexibility index (Phi) is 4.97. The number of rotatable bonds is 3. The maximum Gasteiger partial charge on any atom is 0.171 e. The molecule has 21 heavy (non-hydrogen) atoms. The van der Waals surface area contributed by atoms with Crippen molar-refractivity contribution in [1.82, 2.24) is 5.32 Å². The summed E-state index contributed by atoms with van der Waals surface area (Å²) >= 11 is 5.40. The first-order valence-corrected chi connectivity index (χ1v) is 7.57. The van der Waals surface area contributed by atoms with E-state index in [1.54, 1.807) is 0 Å². The largest absolute Gasteiger partial charge is 0.356 e. The van der Waals surface area contributed by atoms with Gasteiger partial charge in [0, 0.05) is 5.69 Å². The van der Waals surface area contributed by atoms with Crippen molar-refractivity contribution in [3.05, 3.63) is 64.7 Å². The third-order valence-corrected chi connectivity index (χ3v) is 3.62. The molecule has 0 amide bonds. The van der Waals surface area contributed by atoms with E-state index in [-0.39, 0.29) is 6.04 Å². The Morgan fingerprint density at radius 2 is 1.48 bits per heavy atom. The standard InChI is InChI=1S/C18H22N2S/c1-12-5-7-16(8-6-12)15(4)19-18(21)20-17-10-13(2)9-14(3)11-17/h5-11,15H,1-4H3,(H2,19,20,21)/t15-/m0/s1. The molecule has 0 aromatic heterocycles. The summed E-state index contributed by atoms with van der Waals surface area (Å²) in [6.07, 6.45) is 0. The Morgan fingerprint density at radius 3 is 2.05 bits per heavy atom. The van der Waals surface area contributed by atoms with Crippen molar-refractivity contribution in [3.63, 3.8) is 0 Å². The van der Waals surface area contributed by atoms with Crippen molar-refractivity contribution in [2.45, 2.75) is 33.7 Å². The Labute approximate surface area is 132 Å². The minimum Gasteiger partial charge on any atom is -0.356 e. The Bertz CT molecular complexity index is 612. The molecule has 0 saturated heterocycles. The molecule has 0 aliphatic rings. The number of hydrogen-bond donors (Lipinski definition) is 2. The van der Waals surface area contributed by atoms with E-state index < -0.39 is 0 Å². The fourth-order valence-corrected chi connectivity index (χ4v) is 2.64. The van der Waals surface area contributed by atoms with Gasteiger partial charge in [-0.2, -0.15) is 0 Å². The molecule has 0 heterocycles. The van der Waals surface area contributed by atoms with E-state index in [9.17, 15) is 0 Å². The Morgan fingerprint density at radius 1 is 0.905 bits per heavy atom. The van der Waals surface area contributed by atoms with E-state index in [1.807, 2.05) is 0 Å². The molecule has 1 atom stereocenters. The highest BCUT2D eigenvalue weighted by Gasteiger charge is 2.07.